The fourth-order valence-corrected chi connectivity index (χ4v) is 5.79. The average molecular weight is 339 g/mol. The molecule has 0 N–H and O–H groups in total. The molecule has 1 amide bonds. The summed E-state index contributed by atoms with van der Waals surface area (Å²) in [5, 5.41) is 0. The van der Waals surface area contributed by atoms with Gasteiger partial charge in [-0.1, -0.05) is 6.92 Å². The van der Waals surface area contributed by atoms with E-state index in [1.165, 1.54) is 0 Å². The highest BCUT2D eigenvalue weighted by Crippen LogP contribution is 2.45. The maximum atomic E-state index is 12.5. The van der Waals surface area contributed by atoms with Crippen LogP contribution in [0.1, 0.15) is 26.2 Å². The Balaban J connectivity index is 1.68. The summed E-state index contributed by atoms with van der Waals surface area (Å²) in [6, 6.07) is 1.95. The summed E-state index contributed by atoms with van der Waals surface area (Å²) in [5.41, 5.74) is 0. The third-order valence-electron chi connectivity index (χ3n) is 4.79. The average Bonchev–Trinajstić information content (AvgIpc) is 2.75. The van der Waals surface area contributed by atoms with Crippen LogP contribution in [0.5, 0.6) is 6.01 Å². The first-order valence-electron chi connectivity index (χ1n) is 7.88. The minimum atomic E-state index is -3.20. The zero-order chi connectivity index (χ0) is 16.5. The maximum absolute atomic E-state index is 12.5. The molecule has 3 rings (SSSR count). The Morgan fingerprint density at radius 1 is 1.39 bits per heavy atom. The van der Waals surface area contributed by atoms with Crippen molar-refractivity contribution in [2.45, 2.75) is 30.9 Å². The number of aromatic nitrogens is 2. The van der Waals surface area contributed by atoms with Gasteiger partial charge < -0.3 is 9.64 Å². The first-order chi connectivity index (χ1) is 11.0. The number of rotatable bonds is 5. The molecule has 0 unspecified atom stereocenters. The normalized spacial score (nSPS) is 24.4. The van der Waals surface area contributed by atoms with Gasteiger partial charge in [0, 0.05) is 37.8 Å². The van der Waals surface area contributed by atoms with Gasteiger partial charge in [0.05, 0.1) is 12.4 Å². The molecule has 126 valence electrons. The van der Waals surface area contributed by atoms with Gasteiger partial charge in [0.1, 0.15) is 4.75 Å². The summed E-state index contributed by atoms with van der Waals surface area (Å²) in [7, 11) is -3.20. The highest BCUT2D eigenvalue weighted by atomic mass is 32.2. The van der Waals surface area contributed by atoms with E-state index in [4.69, 9.17) is 4.74 Å². The molecule has 8 heteroatoms. The van der Waals surface area contributed by atoms with Crippen LogP contribution in [0.2, 0.25) is 0 Å². The van der Waals surface area contributed by atoms with Crippen molar-refractivity contribution in [2.24, 2.45) is 5.92 Å². The Morgan fingerprint density at radius 3 is 2.74 bits per heavy atom. The third kappa shape index (κ3) is 2.80. The molecule has 7 nitrogen and oxygen atoms in total. The van der Waals surface area contributed by atoms with E-state index >= 15 is 0 Å². The molecule has 2 fully saturated rings. The molecule has 23 heavy (non-hydrogen) atoms. The third-order valence-corrected chi connectivity index (χ3v) is 7.39. The Kier molecular flexibility index (Phi) is 4.27. The molecule has 0 radical (unpaired) electrons. The summed E-state index contributed by atoms with van der Waals surface area (Å²) in [5.74, 6) is 0.0696. The fraction of sp³-hybridized carbons (Fsp3) is 0.667. The smallest absolute Gasteiger partial charge is 0.316 e. The van der Waals surface area contributed by atoms with Crippen LogP contribution < -0.4 is 4.74 Å². The van der Waals surface area contributed by atoms with Gasteiger partial charge in [-0.3, -0.25) is 4.79 Å². The van der Waals surface area contributed by atoms with Gasteiger partial charge in [-0.05, 0) is 18.9 Å². The lowest BCUT2D eigenvalue weighted by Crippen LogP contribution is -2.68. The van der Waals surface area contributed by atoms with E-state index in [0.717, 1.165) is 6.42 Å². The second kappa shape index (κ2) is 6.07. The highest BCUT2D eigenvalue weighted by molar-refractivity contribution is 7.93. The molecule has 1 atom stereocenters. The molecular formula is C15H21N3O4S. The van der Waals surface area contributed by atoms with E-state index in [2.05, 4.69) is 9.97 Å². The summed E-state index contributed by atoms with van der Waals surface area (Å²) in [6.45, 7) is 2.78. The number of carbonyl (C=O) groups is 1. The van der Waals surface area contributed by atoms with E-state index in [9.17, 15) is 13.2 Å². The maximum Gasteiger partial charge on any atom is 0.316 e. The van der Waals surface area contributed by atoms with Gasteiger partial charge in [0.2, 0.25) is 5.91 Å². The highest BCUT2D eigenvalue weighted by Gasteiger charge is 2.62. The van der Waals surface area contributed by atoms with Crippen molar-refractivity contribution in [3.05, 3.63) is 18.5 Å². The van der Waals surface area contributed by atoms with Crippen molar-refractivity contribution in [2.75, 3.05) is 25.4 Å². The molecule has 0 saturated carbocycles. The van der Waals surface area contributed by atoms with Crippen LogP contribution in [0.15, 0.2) is 18.5 Å². The molecule has 1 aromatic rings. The number of sulfone groups is 1. The van der Waals surface area contributed by atoms with Crippen molar-refractivity contribution in [3.63, 3.8) is 0 Å². The summed E-state index contributed by atoms with van der Waals surface area (Å²) >= 11 is 0. The molecule has 0 aromatic carbocycles. The van der Waals surface area contributed by atoms with Crippen molar-refractivity contribution < 1.29 is 17.9 Å². The van der Waals surface area contributed by atoms with E-state index in [1.54, 1.807) is 23.4 Å². The fourth-order valence-electron chi connectivity index (χ4n) is 3.39. The number of ether oxygens (including phenoxy) is 1. The minimum Gasteiger partial charge on any atom is -0.463 e. The van der Waals surface area contributed by atoms with Crippen LogP contribution in [0.4, 0.5) is 0 Å². The van der Waals surface area contributed by atoms with E-state index < -0.39 is 14.6 Å². The van der Waals surface area contributed by atoms with Gasteiger partial charge in [-0.2, -0.15) is 0 Å². The van der Waals surface area contributed by atoms with E-state index in [0.29, 0.717) is 12.8 Å². The Morgan fingerprint density at radius 2 is 2.09 bits per heavy atom. The number of hydrogen-bond acceptors (Lipinski definition) is 6. The van der Waals surface area contributed by atoms with Gasteiger partial charge >= 0.3 is 6.01 Å². The van der Waals surface area contributed by atoms with Crippen LogP contribution in [0.25, 0.3) is 0 Å². The van der Waals surface area contributed by atoms with Gasteiger partial charge in [0.25, 0.3) is 0 Å². The van der Waals surface area contributed by atoms with Crippen molar-refractivity contribution >= 4 is 15.7 Å². The van der Waals surface area contributed by atoms with Crippen molar-refractivity contribution in [1.82, 2.24) is 14.9 Å². The minimum absolute atomic E-state index is 0.0336. The molecule has 1 aromatic heterocycles. The monoisotopic (exact) mass is 339 g/mol. The second-order valence-electron chi connectivity index (χ2n) is 6.21. The van der Waals surface area contributed by atoms with E-state index in [-0.39, 0.29) is 43.3 Å². The lowest BCUT2D eigenvalue weighted by atomic mass is 9.83. The van der Waals surface area contributed by atoms with Crippen LogP contribution >= 0.6 is 0 Å². The van der Waals surface area contributed by atoms with Gasteiger partial charge in [0.15, 0.2) is 9.84 Å². The van der Waals surface area contributed by atoms with Crippen LogP contribution in [-0.4, -0.2) is 59.4 Å². The molecular weight excluding hydrogens is 318 g/mol. The first-order valence-corrected chi connectivity index (χ1v) is 9.53. The zero-order valence-corrected chi connectivity index (χ0v) is 14.0. The number of nitrogens with zero attached hydrogens (tertiary/aromatic N) is 3. The Bertz CT molecular complexity index is 671. The number of carbonyl (C=O) groups excluding carboxylic acids is 1. The molecule has 0 aliphatic carbocycles. The standard InChI is InChI=1S/C15H21N3O4S/c1-2-4-13(19)18-10-15(11-18)12(5-8-23(15,20)21)9-22-14-16-6-3-7-17-14/h3,6-7,12H,2,4-5,8-11H2,1H3/t12-/m1/s1. The topological polar surface area (TPSA) is 89.5 Å². The quantitative estimate of drug-likeness (QED) is 0.783. The SMILES string of the molecule is CCCC(=O)N1CC2(C1)[C@@H](COc1ncccn1)CCS2(=O)=O. The summed E-state index contributed by atoms with van der Waals surface area (Å²) in [6.07, 6.45) is 4.96. The first kappa shape index (κ1) is 16.2. The van der Waals surface area contributed by atoms with Crippen LogP contribution in [0, 0.1) is 5.92 Å². The summed E-state index contributed by atoms with van der Waals surface area (Å²) < 4.78 is 29.7. The largest absolute Gasteiger partial charge is 0.463 e. The molecule has 2 aliphatic heterocycles. The molecule has 0 bridgehead atoms. The molecule has 2 saturated heterocycles. The zero-order valence-electron chi connectivity index (χ0n) is 13.1. The molecule has 1 spiro atoms. The predicted octanol–water partition coefficient (Wildman–Crippen LogP) is 0.671. The van der Waals surface area contributed by atoms with Gasteiger partial charge in [-0.15, -0.1) is 0 Å². The second-order valence-corrected chi connectivity index (χ2v) is 8.66. The number of likely N-dealkylation sites (tertiary alicyclic amines) is 1. The molecule has 3 heterocycles. The summed E-state index contributed by atoms with van der Waals surface area (Å²) in [4.78, 5) is 21.6. The molecule has 2 aliphatic rings. The number of hydrogen-bond donors (Lipinski definition) is 0. The lowest BCUT2D eigenvalue weighted by molar-refractivity contribution is -0.137. The van der Waals surface area contributed by atoms with Crippen LogP contribution in [0.3, 0.4) is 0 Å². The number of amides is 1. The van der Waals surface area contributed by atoms with Crippen molar-refractivity contribution in [3.8, 4) is 6.01 Å². The van der Waals surface area contributed by atoms with Crippen molar-refractivity contribution in [1.29, 1.82) is 0 Å². The lowest BCUT2D eigenvalue weighted by Gasteiger charge is -2.49. The Hall–Kier alpha value is -1.70. The predicted molar refractivity (Wildman–Crippen MR) is 83.6 cm³/mol. The Labute approximate surface area is 136 Å². The van der Waals surface area contributed by atoms with Crippen LogP contribution in [-0.2, 0) is 14.6 Å². The van der Waals surface area contributed by atoms with Gasteiger partial charge in [-0.25, -0.2) is 18.4 Å². The van der Waals surface area contributed by atoms with E-state index in [1.807, 2.05) is 6.92 Å².